The summed E-state index contributed by atoms with van der Waals surface area (Å²) in [5, 5.41) is 7.00. The van der Waals surface area contributed by atoms with Crippen LogP contribution in [-0.2, 0) is 26.2 Å². The monoisotopic (exact) mass is 332 g/mol. The van der Waals surface area contributed by atoms with E-state index in [1.807, 2.05) is 0 Å². The van der Waals surface area contributed by atoms with Crippen molar-refractivity contribution < 1.29 is 47.1 Å². The van der Waals surface area contributed by atoms with Crippen LogP contribution in [0.1, 0.15) is 40.0 Å². The third-order valence-electron chi connectivity index (χ3n) is 2.15. The van der Waals surface area contributed by atoms with Gasteiger partial charge in [0.25, 0.3) is 0 Å². The molecule has 102 valence electrons. The molecule has 0 radical (unpaired) electrons. The molecular weight excluding hydrogens is 303 g/mol. The molecule has 0 aliphatic rings. The number of hydrogen-bond donors (Lipinski definition) is 2. The molecule has 6 heteroatoms. The molecule has 0 aliphatic carbocycles. The summed E-state index contributed by atoms with van der Waals surface area (Å²) in [5.74, 6) is 0. The van der Waals surface area contributed by atoms with Crippen molar-refractivity contribution >= 4 is 8.32 Å². The fourth-order valence-electron chi connectivity index (χ4n) is 1.77. The Balaban J connectivity index is -0.0000000760. The molecule has 0 aromatic rings. The van der Waals surface area contributed by atoms with E-state index in [-0.39, 0.29) is 37.2 Å². The number of aliphatic hydroxyl groups excluding tert-OH is 1. The average molecular weight is 334 g/mol. The van der Waals surface area contributed by atoms with Crippen LogP contribution >= 0.6 is 0 Å². The first kappa shape index (κ1) is 30.2. The van der Waals surface area contributed by atoms with Gasteiger partial charge in [0.05, 0.1) is 0 Å². The summed E-state index contributed by atoms with van der Waals surface area (Å²) in [6.07, 6.45) is 3.47. The number of aliphatic hydroxyl groups is 1. The van der Waals surface area contributed by atoms with Crippen LogP contribution in [0.2, 0.25) is 18.1 Å². The number of hydrogen-bond acceptors (Lipinski definition) is 2. The smallest absolute Gasteiger partial charge is 0.188 e. The van der Waals surface area contributed by atoms with E-state index in [0.29, 0.717) is 0 Å². The van der Waals surface area contributed by atoms with E-state index in [9.17, 15) is 4.80 Å². The van der Waals surface area contributed by atoms with Gasteiger partial charge in [0.1, 0.15) is 0 Å². The van der Waals surface area contributed by atoms with Crippen LogP contribution in [0.4, 0.5) is 0 Å². The Morgan fingerprint density at radius 2 is 0.938 bits per heavy atom. The van der Waals surface area contributed by atoms with Gasteiger partial charge in [-0.3, -0.25) is 0 Å². The molecule has 0 aromatic heterocycles. The first-order valence-electron chi connectivity index (χ1n) is 5.35. The minimum absolute atomic E-state index is 0. The van der Waals surface area contributed by atoms with Crippen molar-refractivity contribution in [3.8, 4) is 0 Å². The Bertz CT molecular complexity index is 89.8. The van der Waals surface area contributed by atoms with E-state index in [1.54, 1.807) is 0 Å². The summed E-state index contributed by atoms with van der Waals surface area (Å²) < 4.78 is 0. The minimum Gasteiger partial charge on any atom is -0.432 e. The zero-order valence-corrected chi connectivity index (χ0v) is 14.6. The molecule has 16 heavy (non-hydrogen) atoms. The Morgan fingerprint density at radius 1 is 0.750 bits per heavy atom. The van der Waals surface area contributed by atoms with Crippen LogP contribution in [0, 0.1) is 0 Å². The van der Waals surface area contributed by atoms with Gasteiger partial charge >= 0.3 is 0 Å². The summed E-state index contributed by atoms with van der Waals surface area (Å²) in [5.41, 5.74) is 0. The summed E-state index contributed by atoms with van der Waals surface area (Å²) in [7, 11) is -0.749. The van der Waals surface area contributed by atoms with E-state index < -0.39 is 8.32 Å². The molecule has 0 saturated carbocycles. The summed E-state index contributed by atoms with van der Waals surface area (Å²) in [4.78, 5) is 10.2. The molecule has 0 atom stereocenters. The van der Waals surface area contributed by atoms with Crippen molar-refractivity contribution in [2.45, 2.75) is 58.2 Å². The van der Waals surface area contributed by atoms with E-state index in [2.05, 4.69) is 20.8 Å². The maximum absolute atomic E-state index is 10.2. The van der Waals surface area contributed by atoms with Crippen LogP contribution in [0.25, 0.3) is 0 Å². The SMILES string of the molecule is CCC[Si](O)(CCC)CCC.CO.O.O.[Zr]. The molecule has 0 amide bonds. The van der Waals surface area contributed by atoms with Gasteiger partial charge in [0, 0.05) is 33.3 Å². The van der Waals surface area contributed by atoms with Crippen molar-refractivity contribution in [1.29, 1.82) is 0 Å². The summed E-state index contributed by atoms with van der Waals surface area (Å²) in [6, 6.07) is 3.32. The molecule has 0 aliphatic heterocycles. The van der Waals surface area contributed by atoms with Gasteiger partial charge in [0.2, 0.25) is 0 Å². The summed E-state index contributed by atoms with van der Waals surface area (Å²) >= 11 is 0. The maximum atomic E-state index is 10.2. The zero-order chi connectivity index (χ0) is 10.7. The van der Waals surface area contributed by atoms with Gasteiger partial charge in [-0.1, -0.05) is 40.0 Å². The Hall–Kier alpha value is 0.940. The predicted octanol–water partition coefficient (Wildman–Crippen LogP) is 1.11. The molecular formula is C10H30O4SiZr. The second-order valence-electron chi connectivity index (χ2n) is 3.47. The molecule has 0 fully saturated rings. The van der Waals surface area contributed by atoms with Crippen LogP contribution in [0.3, 0.4) is 0 Å². The average Bonchev–Trinajstić information content (AvgIpc) is 2.09. The molecule has 4 nitrogen and oxygen atoms in total. The van der Waals surface area contributed by atoms with Crippen molar-refractivity contribution in [3.63, 3.8) is 0 Å². The molecule has 6 N–H and O–H groups in total. The van der Waals surface area contributed by atoms with Crippen LogP contribution in [-0.4, -0.2) is 36.3 Å². The van der Waals surface area contributed by atoms with Gasteiger partial charge in [-0.25, -0.2) is 0 Å². The molecule has 0 aromatic carbocycles. The van der Waals surface area contributed by atoms with E-state index in [4.69, 9.17) is 5.11 Å². The first-order chi connectivity index (χ1) is 6.18. The molecule has 0 saturated heterocycles. The largest absolute Gasteiger partial charge is 0.432 e. The Labute approximate surface area is 120 Å². The van der Waals surface area contributed by atoms with Crippen molar-refractivity contribution in [2.24, 2.45) is 0 Å². The molecule has 0 bridgehead atoms. The fraction of sp³-hybridized carbons (Fsp3) is 1.00. The molecule has 0 unspecified atom stereocenters. The molecule has 0 spiro atoms. The van der Waals surface area contributed by atoms with Crippen molar-refractivity contribution in [3.05, 3.63) is 0 Å². The topological polar surface area (TPSA) is 103 Å². The van der Waals surface area contributed by atoms with Gasteiger partial charge in [0.15, 0.2) is 8.32 Å². The quantitative estimate of drug-likeness (QED) is 0.711. The van der Waals surface area contributed by atoms with Crippen LogP contribution < -0.4 is 0 Å². The van der Waals surface area contributed by atoms with Gasteiger partial charge in [-0.05, 0) is 18.1 Å². The van der Waals surface area contributed by atoms with Gasteiger partial charge in [-0.2, -0.15) is 0 Å². The second-order valence-corrected chi connectivity index (χ2v) is 7.42. The zero-order valence-electron chi connectivity index (χ0n) is 11.1. The van der Waals surface area contributed by atoms with E-state index in [0.717, 1.165) is 44.5 Å². The first-order valence-corrected chi connectivity index (χ1v) is 7.92. The minimum atomic E-state index is -1.75. The third kappa shape index (κ3) is 17.3. The van der Waals surface area contributed by atoms with Crippen LogP contribution in [0.5, 0.6) is 0 Å². The maximum Gasteiger partial charge on any atom is 0.188 e. The van der Waals surface area contributed by atoms with Crippen molar-refractivity contribution in [1.82, 2.24) is 0 Å². The molecule has 0 heterocycles. The number of rotatable bonds is 6. The predicted molar refractivity (Wildman–Crippen MR) is 68.6 cm³/mol. The molecule has 0 rings (SSSR count). The normalized spacial score (nSPS) is 8.62. The van der Waals surface area contributed by atoms with E-state index >= 15 is 0 Å². The van der Waals surface area contributed by atoms with Crippen molar-refractivity contribution in [2.75, 3.05) is 7.11 Å². The fourth-order valence-corrected chi connectivity index (χ4v) is 5.31. The van der Waals surface area contributed by atoms with Gasteiger partial charge in [-0.15, -0.1) is 0 Å². The second kappa shape index (κ2) is 21.2. The standard InChI is InChI=1S/C9H22OSi.CH4O.2H2O.Zr/c1-4-7-11(10,8-5-2)9-6-3;1-2;;;/h10H,4-9H2,1-3H3;2H,1H3;2*1H2;. The summed E-state index contributed by atoms with van der Waals surface area (Å²) in [6.45, 7) is 6.51. The van der Waals surface area contributed by atoms with Gasteiger partial charge < -0.3 is 20.9 Å². The Morgan fingerprint density at radius 3 is 1.06 bits per heavy atom. The Kier molecular flexibility index (Phi) is 40.1. The third-order valence-corrected chi connectivity index (χ3v) is 6.44. The van der Waals surface area contributed by atoms with E-state index in [1.165, 1.54) is 0 Å². The van der Waals surface area contributed by atoms with Crippen LogP contribution in [0.15, 0.2) is 0 Å².